The SMILES string of the molecule is C[C@]12CC[C@H]3C[C@@]3(C)C1=C(O)C(=O)c1c2c(O)c2oc(CO)cc2c1O. The number of furan rings is 1. The molecule has 4 N–H and O–H groups in total. The van der Waals surface area contributed by atoms with Gasteiger partial charge in [-0.25, -0.2) is 0 Å². The molecule has 0 unspecified atom stereocenters. The van der Waals surface area contributed by atoms with Crippen LogP contribution in [0.4, 0.5) is 0 Å². The number of benzene rings is 1. The number of hydrogen-bond acceptors (Lipinski definition) is 6. The Hall–Kier alpha value is -2.47. The summed E-state index contributed by atoms with van der Waals surface area (Å²) in [6.07, 6.45) is 2.50. The molecule has 6 heteroatoms. The van der Waals surface area contributed by atoms with Crippen molar-refractivity contribution in [3.8, 4) is 11.5 Å². The summed E-state index contributed by atoms with van der Waals surface area (Å²) >= 11 is 0. The summed E-state index contributed by atoms with van der Waals surface area (Å²) in [5.41, 5.74) is -0.0138. The van der Waals surface area contributed by atoms with Crippen LogP contribution in [0.5, 0.6) is 11.5 Å². The highest BCUT2D eigenvalue weighted by molar-refractivity contribution is 6.16. The van der Waals surface area contributed by atoms with Crippen molar-refractivity contribution >= 4 is 16.8 Å². The van der Waals surface area contributed by atoms with E-state index < -0.39 is 17.8 Å². The minimum Gasteiger partial charge on any atom is -0.506 e. The molecule has 0 saturated heterocycles. The number of rotatable bonds is 1. The van der Waals surface area contributed by atoms with E-state index in [0.717, 1.165) is 12.8 Å². The van der Waals surface area contributed by atoms with Crippen molar-refractivity contribution < 1.29 is 29.6 Å². The summed E-state index contributed by atoms with van der Waals surface area (Å²) in [4.78, 5) is 13.0. The van der Waals surface area contributed by atoms with Gasteiger partial charge < -0.3 is 24.8 Å². The number of fused-ring (bicyclic) bond motifs is 6. The highest BCUT2D eigenvalue weighted by Gasteiger charge is 2.64. The van der Waals surface area contributed by atoms with E-state index in [9.17, 15) is 25.2 Å². The van der Waals surface area contributed by atoms with Crippen LogP contribution in [0.1, 0.15) is 54.8 Å². The van der Waals surface area contributed by atoms with Gasteiger partial charge in [0.25, 0.3) is 0 Å². The number of aliphatic hydroxyl groups is 2. The van der Waals surface area contributed by atoms with Crippen molar-refractivity contribution in [3.63, 3.8) is 0 Å². The van der Waals surface area contributed by atoms with Crippen molar-refractivity contribution in [2.24, 2.45) is 11.3 Å². The van der Waals surface area contributed by atoms with E-state index in [2.05, 4.69) is 0 Å². The van der Waals surface area contributed by atoms with E-state index in [0.29, 0.717) is 23.5 Å². The fourth-order valence-corrected chi connectivity index (χ4v) is 5.53. The molecule has 3 aliphatic rings. The second-order valence-corrected chi connectivity index (χ2v) is 8.30. The Bertz CT molecular complexity index is 1040. The van der Waals surface area contributed by atoms with Crippen molar-refractivity contribution in [2.75, 3.05) is 0 Å². The Kier molecular flexibility index (Phi) is 2.69. The third-order valence-corrected chi connectivity index (χ3v) is 6.89. The third kappa shape index (κ3) is 1.55. The first-order chi connectivity index (χ1) is 12.2. The summed E-state index contributed by atoms with van der Waals surface area (Å²) in [6, 6.07) is 1.40. The molecular formula is C20H20O6. The molecule has 3 aliphatic carbocycles. The number of phenols is 2. The Labute approximate surface area is 149 Å². The number of aliphatic hydroxyl groups excluding tert-OH is 2. The van der Waals surface area contributed by atoms with Crippen LogP contribution in [0.15, 0.2) is 21.8 Å². The molecule has 0 aliphatic heterocycles. The molecule has 2 saturated carbocycles. The smallest absolute Gasteiger partial charge is 0.231 e. The normalized spacial score (nSPS) is 32.4. The van der Waals surface area contributed by atoms with Crippen LogP contribution in [0, 0.1) is 11.3 Å². The molecule has 136 valence electrons. The second kappa shape index (κ2) is 4.43. The fraction of sp³-hybridized carbons (Fsp3) is 0.450. The molecule has 5 rings (SSSR count). The molecule has 6 nitrogen and oxygen atoms in total. The van der Waals surface area contributed by atoms with E-state index in [1.165, 1.54) is 6.07 Å². The van der Waals surface area contributed by atoms with Gasteiger partial charge in [-0.3, -0.25) is 4.79 Å². The van der Waals surface area contributed by atoms with Gasteiger partial charge >= 0.3 is 0 Å². The zero-order valence-corrected chi connectivity index (χ0v) is 14.6. The summed E-state index contributed by atoms with van der Waals surface area (Å²) in [5, 5.41) is 42.0. The monoisotopic (exact) mass is 356 g/mol. The van der Waals surface area contributed by atoms with E-state index >= 15 is 0 Å². The fourth-order valence-electron chi connectivity index (χ4n) is 5.53. The third-order valence-electron chi connectivity index (χ3n) is 6.89. The second-order valence-electron chi connectivity index (χ2n) is 8.30. The molecule has 2 fully saturated rings. The van der Waals surface area contributed by atoms with Gasteiger partial charge in [0.1, 0.15) is 18.1 Å². The van der Waals surface area contributed by atoms with Gasteiger partial charge in [0.2, 0.25) is 5.78 Å². The van der Waals surface area contributed by atoms with Crippen LogP contribution >= 0.6 is 0 Å². The van der Waals surface area contributed by atoms with Crippen LogP contribution in [0.2, 0.25) is 0 Å². The number of ketones is 1. The van der Waals surface area contributed by atoms with Crippen LogP contribution in [-0.2, 0) is 12.0 Å². The van der Waals surface area contributed by atoms with Gasteiger partial charge in [0.05, 0.1) is 10.9 Å². The lowest BCUT2D eigenvalue weighted by atomic mass is 9.58. The van der Waals surface area contributed by atoms with E-state index in [1.807, 2.05) is 13.8 Å². The summed E-state index contributed by atoms with van der Waals surface area (Å²) < 4.78 is 5.49. The van der Waals surface area contributed by atoms with Gasteiger partial charge in [0.15, 0.2) is 17.1 Å². The largest absolute Gasteiger partial charge is 0.506 e. The molecule has 0 amide bonds. The molecule has 2 aromatic rings. The maximum absolute atomic E-state index is 13.0. The lowest BCUT2D eigenvalue weighted by molar-refractivity contribution is 0.0947. The first-order valence-electron chi connectivity index (χ1n) is 8.84. The van der Waals surface area contributed by atoms with Crippen molar-refractivity contribution in [2.45, 2.75) is 45.1 Å². The van der Waals surface area contributed by atoms with Crippen LogP contribution in [0.3, 0.4) is 0 Å². The lowest BCUT2D eigenvalue weighted by Crippen LogP contribution is -2.40. The molecule has 0 spiro atoms. The molecule has 1 heterocycles. The zero-order valence-electron chi connectivity index (χ0n) is 14.6. The number of Topliss-reactive ketones (excluding diaryl/α,β-unsaturated/α-hetero) is 1. The van der Waals surface area contributed by atoms with E-state index in [1.54, 1.807) is 0 Å². The molecular weight excluding hydrogens is 336 g/mol. The Morgan fingerprint density at radius 2 is 1.96 bits per heavy atom. The first kappa shape index (κ1) is 15.8. The summed E-state index contributed by atoms with van der Waals surface area (Å²) in [5.74, 6) is -0.869. The Balaban J connectivity index is 1.90. The Morgan fingerprint density at radius 3 is 2.65 bits per heavy atom. The maximum atomic E-state index is 13.0. The van der Waals surface area contributed by atoms with Crippen molar-refractivity contribution in [1.82, 2.24) is 0 Å². The van der Waals surface area contributed by atoms with Gasteiger partial charge in [0, 0.05) is 11.0 Å². The van der Waals surface area contributed by atoms with Gasteiger partial charge in [-0.05, 0) is 42.2 Å². The summed E-state index contributed by atoms with van der Waals surface area (Å²) in [6.45, 7) is 3.56. The number of hydrogen-bond donors (Lipinski definition) is 4. The quantitative estimate of drug-likeness (QED) is 0.583. The average molecular weight is 356 g/mol. The predicted molar refractivity (Wildman–Crippen MR) is 92.3 cm³/mol. The molecule has 1 aromatic heterocycles. The average Bonchev–Trinajstić information content (AvgIpc) is 3.08. The van der Waals surface area contributed by atoms with Crippen LogP contribution < -0.4 is 0 Å². The molecule has 1 aromatic carbocycles. The van der Waals surface area contributed by atoms with Gasteiger partial charge in [-0.15, -0.1) is 0 Å². The minimum absolute atomic E-state index is 0.0585. The molecule has 0 radical (unpaired) electrons. The number of aromatic hydroxyl groups is 2. The Morgan fingerprint density at radius 1 is 1.23 bits per heavy atom. The zero-order chi connectivity index (χ0) is 18.6. The highest BCUT2D eigenvalue weighted by atomic mass is 16.4. The van der Waals surface area contributed by atoms with Gasteiger partial charge in [-0.1, -0.05) is 13.8 Å². The van der Waals surface area contributed by atoms with Crippen LogP contribution in [0.25, 0.3) is 11.0 Å². The van der Waals surface area contributed by atoms with Crippen molar-refractivity contribution in [3.05, 3.63) is 34.3 Å². The number of carbonyl (C=O) groups is 1. The minimum atomic E-state index is -0.753. The highest BCUT2D eigenvalue weighted by Crippen LogP contribution is 2.71. The predicted octanol–water partition coefficient (Wildman–Crippen LogP) is 3.42. The van der Waals surface area contributed by atoms with E-state index in [-0.39, 0.29) is 45.0 Å². The number of phenolic OH excluding ortho intramolecular Hbond substituents is 2. The van der Waals surface area contributed by atoms with Gasteiger partial charge in [-0.2, -0.15) is 0 Å². The molecule has 26 heavy (non-hydrogen) atoms. The maximum Gasteiger partial charge on any atom is 0.231 e. The first-order valence-corrected chi connectivity index (χ1v) is 8.84. The summed E-state index contributed by atoms with van der Waals surface area (Å²) in [7, 11) is 0. The molecule has 0 bridgehead atoms. The number of allylic oxidation sites excluding steroid dienone is 2. The molecule has 3 atom stereocenters. The van der Waals surface area contributed by atoms with E-state index in [4.69, 9.17) is 4.42 Å². The standard InChI is InChI=1S/C20H20O6/c1-19-4-3-8-6-20(8,2)18(19)16(25)14(23)11-12(19)15(24)17-10(13(11)22)5-9(7-21)26-17/h5,8,21-22,24-25H,3-4,6-7H2,1-2H3/t8-,19+,20+/m0/s1. The number of carbonyl (C=O) groups excluding carboxylic acids is 1. The topological polar surface area (TPSA) is 111 Å². The lowest BCUT2D eigenvalue weighted by Gasteiger charge is -2.44. The van der Waals surface area contributed by atoms with Crippen molar-refractivity contribution in [1.29, 1.82) is 0 Å². The van der Waals surface area contributed by atoms with Crippen LogP contribution in [-0.4, -0.2) is 26.2 Å².